The Bertz CT molecular complexity index is 912. The smallest absolute Gasteiger partial charge is 0.244 e. The summed E-state index contributed by atoms with van der Waals surface area (Å²) in [5.41, 5.74) is 0.536. The summed E-state index contributed by atoms with van der Waals surface area (Å²) in [4.78, 5) is 16.8. The van der Waals surface area contributed by atoms with E-state index in [1.165, 1.54) is 37.0 Å². The fraction of sp³-hybridized carbons (Fsp3) is 0.368. The van der Waals surface area contributed by atoms with Gasteiger partial charge in [-0.2, -0.15) is 4.31 Å². The van der Waals surface area contributed by atoms with Gasteiger partial charge < -0.3 is 14.8 Å². The molecule has 2 heterocycles. The molecule has 9 heteroatoms. The molecule has 1 saturated heterocycles. The van der Waals surface area contributed by atoms with Gasteiger partial charge in [0.25, 0.3) is 0 Å². The average molecular weight is 405 g/mol. The van der Waals surface area contributed by atoms with E-state index >= 15 is 0 Å². The second-order valence-corrected chi connectivity index (χ2v) is 8.42. The summed E-state index contributed by atoms with van der Waals surface area (Å²) < 4.78 is 37.4. The molecule has 0 saturated carbocycles. The number of ether oxygens (including phenoxy) is 2. The Morgan fingerprint density at radius 1 is 1.21 bits per heavy atom. The molecule has 1 aliphatic heterocycles. The van der Waals surface area contributed by atoms with Crippen LogP contribution in [0.3, 0.4) is 0 Å². The third kappa shape index (κ3) is 4.42. The number of hydrogen-bond acceptors (Lipinski definition) is 6. The highest BCUT2D eigenvalue weighted by Crippen LogP contribution is 2.28. The molecule has 1 N–H and O–H groups in total. The van der Waals surface area contributed by atoms with Gasteiger partial charge in [0.05, 0.1) is 20.1 Å². The van der Waals surface area contributed by atoms with Crippen LogP contribution in [-0.2, 0) is 14.8 Å². The minimum atomic E-state index is -3.67. The first-order valence-electron chi connectivity index (χ1n) is 8.88. The summed E-state index contributed by atoms with van der Waals surface area (Å²) in [6.45, 7) is 0.512. The first-order chi connectivity index (χ1) is 13.4. The van der Waals surface area contributed by atoms with Crippen molar-refractivity contribution in [3.05, 3.63) is 42.7 Å². The molecule has 150 valence electrons. The second kappa shape index (κ2) is 8.57. The number of aromatic nitrogens is 1. The summed E-state index contributed by atoms with van der Waals surface area (Å²) >= 11 is 0. The van der Waals surface area contributed by atoms with Crippen LogP contribution in [0.4, 0.5) is 5.69 Å². The number of hydrogen-bond donors (Lipinski definition) is 1. The fourth-order valence-corrected chi connectivity index (χ4v) is 4.64. The lowest BCUT2D eigenvalue weighted by molar-refractivity contribution is -0.120. The molecule has 0 spiro atoms. The van der Waals surface area contributed by atoms with E-state index in [1.807, 2.05) is 0 Å². The number of rotatable bonds is 6. The monoisotopic (exact) mass is 405 g/mol. The summed E-state index contributed by atoms with van der Waals surface area (Å²) in [6.07, 6.45) is 4.07. The second-order valence-electron chi connectivity index (χ2n) is 6.48. The van der Waals surface area contributed by atoms with E-state index in [-0.39, 0.29) is 17.3 Å². The Labute approximate surface area is 164 Å². The van der Waals surface area contributed by atoms with Gasteiger partial charge in [-0.3, -0.25) is 9.78 Å². The van der Waals surface area contributed by atoms with Crippen LogP contribution in [-0.4, -0.2) is 50.9 Å². The lowest BCUT2D eigenvalue weighted by atomic mass is 9.98. The van der Waals surface area contributed by atoms with Crippen molar-refractivity contribution in [2.75, 3.05) is 32.6 Å². The van der Waals surface area contributed by atoms with Crippen LogP contribution >= 0.6 is 0 Å². The highest BCUT2D eigenvalue weighted by Gasteiger charge is 2.33. The first-order valence-corrected chi connectivity index (χ1v) is 10.3. The molecular formula is C19H23N3O5S. The van der Waals surface area contributed by atoms with Crippen LogP contribution < -0.4 is 14.8 Å². The molecule has 28 heavy (non-hydrogen) atoms. The first kappa shape index (κ1) is 20.1. The maximum absolute atomic E-state index is 12.8. The average Bonchev–Trinajstić information content (AvgIpc) is 2.74. The number of pyridine rings is 1. The van der Waals surface area contributed by atoms with Crippen LogP contribution in [0.5, 0.6) is 11.5 Å². The number of nitrogens with zero attached hydrogens (tertiary/aromatic N) is 2. The quantitative estimate of drug-likeness (QED) is 0.791. The lowest BCUT2D eigenvalue weighted by Gasteiger charge is -2.31. The van der Waals surface area contributed by atoms with E-state index in [9.17, 15) is 13.2 Å². The third-order valence-electron chi connectivity index (χ3n) is 4.65. The molecule has 1 fully saturated rings. The number of piperidine rings is 1. The van der Waals surface area contributed by atoms with Gasteiger partial charge in [0.2, 0.25) is 15.9 Å². The zero-order valence-corrected chi connectivity index (χ0v) is 16.6. The highest BCUT2D eigenvalue weighted by atomic mass is 32.2. The molecule has 2 aromatic rings. The molecule has 1 aliphatic rings. The van der Waals surface area contributed by atoms with Gasteiger partial charge in [-0.25, -0.2) is 8.42 Å². The van der Waals surface area contributed by atoms with Crippen LogP contribution in [0.25, 0.3) is 0 Å². The largest absolute Gasteiger partial charge is 0.497 e. The van der Waals surface area contributed by atoms with Crippen molar-refractivity contribution in [1.29, 1.82) is 0 Å². The summed E-state index contributed by atoms with van der Waals surface area (Å²) in [5.74, 6) is 0.428. The Morgan fingerprint density at radius 2 is 1.93 bits per heavy atom. The Balaban J connectivity index is 1.73. The summed E-state index contributed by atoms with van der Waals surface area (Å²) in [6, 6.07) is 8.17. The number of sulfonamides is 1. The van der Waals surface area contributed by atoms with Gasteiger partial charge in [-0.15, -0.1) is 0 Å². The Morgan fingerprint density at radius 3 is 2.54 bits per heavy atom. The number of methoxy groups -OCH3 is 2. The normalized spacial score (nSPS) is 17.7. The van der Waals surface area contributed by atoms with Crippen molar-refractivity contribution in [2.24, 2.45) is 5.92 Å². The molecule has 1 aromatic heterocycles. The minimum Gasteiger partial charge on any atom is -0.497 e. The van der Waals surface area contributed by atoms with Crippen LogP contribution in [0.2, 0.25) is 0 Å². The van der Waals surface area contributed by atoms with E-state index in [2.05, 4.69) is 10.3 Å². The SMILES string of the molecule is COc1cc(NC(=O)[C@H]2CCCN(S(=O)(=O)c3cccnc3)C2)cc(OC)c1. The van der Waals surface area contributed by atoms with Gasteiger partial charge in [-0.1, -0.05) is 0 Å². The topological polar surface area (TPSA) is 97.8 Å². The summed E-state index contributed by atoms with van der Waals surface area (Å²) in [7, 11) is -0.611. The number of carbonyl (C=O) groups is 1. The van der Waals surface area contributed by atoms with Crippen molar-refractivity contribution in [1.82, 2.24) is 9.29 Å². The maximum atomic E-state index is 12.8. The highest BCUT2D eigenvalue weighted by molar-refractivity contribution is 7.89. The van der Waals surface area contributed by atoms with Gasteiger partial charge in [0.15, 0.2) is 0 Å². The molecule has 1 atom stereocenters. The van der Waals surface area contributed by atoms with Crippen molar-refractivity contribution in [3.8, 4) is 11.5 Å². The molecule has 0 bridgehead atoms. The van der Waals surface area contributed by atoms with Gasteiger partial charge >= 0.3 is 0 Å². The lowest BCUT2D eigenvalue weighted by Crippen LogP contribution is -2.43. The number of nitrogens with one attached hydrogen (secondary N) is 1. The number of amides is 1. The van der Waals surface area contributed by atoms with Gasteiger partial charge in [0, 0.05) is 49.4 Å². The van der Waals surface area contributed by atoms with E-state index in [4.69, 9.17) is 9.47 Å². The Hall–Kier alpha value is -2.65. The molecule has 0 aliphatic carbocycles. The van der Waals surface area contributed by atoms with Crippen LogP contribution in [0.1, 0.15) is 12.8 Å². The standard InChI is InChI=1S/C19H23N3O5S/c1-26-16-9-15(10-17(11-16)27-2)21-19(23)14-5-4-8-22(13-14)28(24,25)18-6-3-7-20-12-18/h3,6-7,9-12,14H,4-5,8,13H2,1-2H3,(H,21,23)/t14-/m0/s1. The maximum Gasteiger partial charge on any atom is 0.244 e. The molecule has 1 amide bonds. The molecular weight excluding hydrogens is 382 g/mol. The molecule has 0 unspecified atom stereocenters. The predicted molar refractivity (Wildman–Crippen MR) is 104 cm³/mol. The molecule has 1 aromatic carbocycles. The van der Waals surface area contributed by atoms with E-state index in [0.29, 0.717) is 36.6 Å². The van der Waals surface area contributed by atoms with Crippen LogP contribution in [0.15, 0.2) is 47.6 Å². The predicted octanol–water partition coefficient (Wildman–Crippen LogP) is 2.14. The number of anilines is 1. The number of carbonyl (C=O) groups excluding carboxylic acids is 1. The van der Waals surface area contributed by atoms with Gasteiger partial charge in [0.1, 0.15) is 16.4 Å². The van der Waals surface area contributed by atoms with Crippen molar-refractivity contribution >= 4 is 21.6 Å². The number of benzene rings is 1. The van der Waals surface area contributed by atoms with Crippen LogP contribution in [0, 0.1) is 5.92 Å². The summed E-state index contributed by atoms with van der Waals surface area (Å²) in [5, 5.41) is 2.84. The van der Waals surface area contributed by atoms with Gasteiger partial charge in [-0.05, 0) is 25.0 Å². The van der Waals surface area contributed by atoms with E-state index < -0.39 is 15.9 Å². The Kier molecular flexibility index (Phi) is 6.15. The van der Waals surface area contributed by atoms with Crippen molar-refractivity contribution < 1.29 is 22.7 Å². The minimum absolute atomic E-state index is 0.129. The molecule has 8 nitrogen and oxygen atoms in total. The zero-order chi connectivity index (χ0) is 20.1. The zero-order valence-electron chi connectivity index (χ0n) is 15.8. The van der Waals surface area contributed by atoms with Crippen molar-refractivity contribution in [3.63, 3.8) is 0 Å². The van der Waals surface area contributed by atoms with E-state index in [1.54, 1.807) is 24.3 Å². The molecule has 3 rings (SSSR count). The van der Waals surface area contributed by atoms with Crippen molar-refractivity contribution in [2.45, 2.75) is 17.7 Å². The van der Waals surface area contributed by atoms with E-state index in [0.717, 1.165) is 0 Å². The fourth-order valence-electron chi connectivity index (χ4n) is 3.15. The molecule has 0 radical (unpaired) electrons. The third-order valence-corrected chi connectivity index (χ3v) is 6.49.